The molecule has 7 nitrogen and oxygen atoms in total. The molecule has 0 aromatic heterocycles. The molecule has 2 aliphatic carbocycles. The summed E-state index contributed by atoms with van der Waals surface area (Å²) in [4.78, 5) is 0. The molecule has 0 atom stereocenters. The molecule has 7 N–H and O–H groups in total. The molecule has 0 bridgehead atoms. The van der Waals surface area contributed by atoms with Crippen LogP contribution in [0.15, 0.2) is 109 Å². The SMILES string of the molecule is CC1=C(c2ccc3ccccc3c2C)C(c2c3ccccc3c(-c3c(O)c(O)c4c(O)c(O)c(O)c(O)c4c3O)c3cc(C4=CC=CCC4)ccc23)=CCC1. The van der Waals surface area contributed by atoms with Gasteiger partial charge in [0.25, 0.3) is 0 Å². The highest BCUT2D eigenvalue weighted by Gasteiger charge is 2.32. The fourth-order valence-electron chi connectivity index (χ4n) is 8.84. The van der Waals surface area contributed by atoms with Crippen molar-refractivity contribution in [3.05, 3.63) is 131 Å². The van der Waals surface area contributed by atoms with Crippen molar-refractivity contribution in [3.63, 3.8) is 0 Å². The summed E-state index contributed by atoms with van der Waals surface area (Å²) in [5.41, 5.74) is 9.03. The van der Waals surface area contributed by atoms with E-state index in [1.807, 2.05) is 42.5 Å². The Labute approximate surface area is 316 Å². The maximum atomic E-state index is 12.1. The average molecular weight is 727 g/mol. The van der Waals surface area contributed by atoms with Crippen molar-refractivity contribution in [1.82, 2.24) is 0 Å². The Balaban J connectivity index is 1.43. The summed E-state index contributed by atoms with van der Waals surface area (Å²) in [5, 5.41) is 82.1. The van der Waals surface area contributed by atoms with Crippen LogP contribution in [0.3, 0.4) is 0 Å². The van der Waals surface area contributed by atoms with E-state index in [0.717, 1.165) is 69.9 Å². The minimum Gasteiger partial charge on any atom is -0.506 e. The topological polar surface area (TPSA) is 142 Å². The number of aromatic hydroxyl groups is 7. The standard InChI is InChI=1S/C48H38O7/c1-24-11-10-18-34(36(24)30-21-19-27-14-6-7-15-29(27)25(30)2)37-31-16-8-9-17-32(31)38(35-23-28(20-22-33(35)37)26-12-4-3-5-13-26)39-42(49)40-41(44(51)43(39)50)46(53)48(55)47(54)45(40)52/h3-4,6-9,12,14-23,49-55H,5,10-11,13H2,1-2H3. The van der Waals surface area contributed by atoms with Crippen LogP contribution in [0.2, 0.25) is 0 Å². The second-order valence-electron chi connectivity index (χ2n) is 14.6. The average Bonchev–Trinajstić information content (AvgIpc) is 3.21. The Bertz CT molecular complexity index is 2960. The van der Waals surface area contributed by atoms with Gasteiger partial charge in [0, 0.05) is 5.56 Å². The molecule has 0 fully saturated rings. The Morgan fingerprint density at radius 3 is 1.85 bits per heavy atom. The van der Waals surface area contributed by atoms with E-state index in [1.54, 1.807) is 0 Å². The van der Waals surface area contributed by atoms with Crippen LogP contribution in [-0.4, -0.2) is 35.7 Å². The van der Waals surface area contributed by atoms with Crippen molar-refractivity contribution in [2.75, 3.05) is 0 Å². The number of rotatable bonds is 4. The minimum atomic E-state index is -1.10. The molecule has 7 aromatic carbocycles. The van der Waals surface area contributed by atoms with E-state index in [4.69, 9.17) is 0 Å². The first-order valence-corrected chi connectivity index (χ1v) is 18.4. The number of hydrogen-bond donors (Lipinski definition) is 7. The van der Waals surface area contributed by atoms with Crippen molar-refractivity contribution in [3.8, 4) is 51.4 Å². The maximum absolute atomic E-state index is 12.1. The fourth-order valence-corrected chi connectivity index (χ4v) is 8.84. The van der Waals surface area contributed by atoms with Crippen LogP contribution in [0, 0.1) is 6.92 Å². The van der Waals surface area contributed by atoms with Gasteiger partial charge >= 0.3 is 0 Å². The van der Waals surface area contributed by atoms with Crippen LogP contribution in [-0.2, 0) is 0 Å². The highest BCUT2D eigenvalue weighted by atomic mass is 16.3. The second-order valence-corrected chi connectivity index (χ2v) is 14.6. The number of allylic oxidation sites excluding steroid dienone is 8. The molecule has 7 aromatic rings. The first-order valence-electron chi connectivity index (χ1n) is 18.4. The van der Waals surface area contributed by atoms with Crippen LogP contribution in [0.1, 0.15) is 54.9 Å². The van der Waals surface area contributed by atoms with E-state index in [0.29, 0.717) is 16.3 Å². The van der Waals surface area contributed by atoms with Crippen LogP contribution in [0.5, 0.6) is 40.2 Å². The highest BCUT2D eigenvalue weighted by molar-refractivity contribution is 6.26. The number of fused-ring (bicyclic) bond motifs is 4. The van der Waals surface area contributed by atoms with E-state index in [-0.39, 0.29) is 5.56 Å². The van der Waals surface area contributed by atoms with Crippen molar-refractivity contribution in [2.45, 2.75) is 39.5 Å². The van der Waals surface area contributed by atoms with Crippen molar-refractivity contribution >= 4 is 59.8 Å². The third kappa shape index (κ3) is 4.96. The van der Waals surface area contributed by atoms with Gasteiger partial charge in [0.2, 0.25) is 11.5 Å². The van der Waals surface area contributed by atoms with Crippen molar-refractivity contribution in [1.29, 1.82) is 0 Å². The molecular weight excluding hydrogens is 689 g/mol. The van der Waals surface area contributed by atoms with Crippen LogP contribution in [0.4, 0.5) is 0 Å². The largest absolute Gasteiger partial charge is 0.506 e. The molecule has 0 aliphatic heterocycles. The minimum absolute atomic E-state index is 0.206. The zero-order valence-corrected chi connectivity index (χ0v) is 30.3. The predicted octanol–water partition coefficient (Wildman–Crippen LogP) is 11.6. The molecule has 0 saturated heterocycles. The summed E-state index contributed by atoms with van der Waals surface area (Å²) in [7, 11) is 0. The molecule has 2 aliphatic rings. The summed E-state index contributed by atoms with van der Waals surface area (Å²) < 4.78 is 0. The lowest BCUT2D eigenvalue weighted by molar-refractivity contribution is 0.347. The van der Waals surface area contributed by atoms with Gasteiger partial charge in [-0.05, 0) is 117 Å². The highest BCUT2D eigenvalue weighted by Crippen LogP contribution is 2.61. The van der Waals surface area contributed by atoms with Crippen LogP contribution < -0.4 is 0 Å². The molecule has 0 heterocycles. The van der Waals surface area contributed by atoms with Crippen LogP contribution >= 0.6 is 0 Å². The summed E-state index contributed by atoms with van der Waals surface area (Å²) in [6, 6.07) is 26.7. The molecule has 0 spiro atoms. The van der Waals surface area contributed by atoms with Gasteiger partial charge in [0.05, 0.1) is 16.3 Å². The summed E-state index contributed by atoms with van der Waals surface area (Å²) in [6.07, 6.45) is 12.0. The normalized spacial score (nSPS) is 14.7. The lowest BCUT2D eigenvalue weighted by atomic mass is 9.77. The number of benzene rings is 7. The first-order chi connectivity index (χ1) is 26.6. The quantitative estimate of drug-likeness (QED) is 0.0544. The monoisotopic (exact) mass is 726 g/mol. The van der Waals surface area contributed by atoms with E-state index in [2.05, 4.69) is 74.5 Å². The maximum Gasteiger partial charge on any atom is 0.205 e. The second kappa shape index (κ2) is 12.6. The lowest BCUT2D eigenvalue weighted by Crippen LogP contribution is -2.04. The first kappa shape index (κ1) is 33.9. The molecular formula is C48H38O7. The van der Waals surface area contributed by atoms with Gasteiger partial charge in [0.1, 0.15) is 5.75 Å². The number of phenols is 7. The van der Waals surface area contributed by atoms with Gasteiger partial charge < -0.3 is 35.7 Å². The van der Waals surface area contributed by atoms with E-state index >= 15 is 0 Å². The molecule has 0 amide bonds. The Hall–Kier alpha value is -6.86. The smallest absolute Gasteiger partial charge is 0.205 e. The molecule has 0 unspecified atom stereocenters. The van der Waals surface area contributed by atoms with E-state index in [1.165, 1.54) is 21.9 Å². The Morgan fingerprint density at radius 2 is 1.15 bits per heavy atom. The third-order valence-electron chi connectivity index (χ3n) is 11.5. The van der Waals surface area contributed by atoms with Gasteiger partial charge in [-0.25, -0.2) is 0 Å². The summed E-state index contributed by atoms with van der Waals surface area (Å²) >= 11 is 0. The van der Waals surface area contributed by atoms with Gasteiger partial charge in [-0.1, -0.05) is 103 Å². The van der Waals surface area contributed by atoms with Crippen molar-refractivity contribution in [2.24, 2.45) is 0 Å². The van der Waals surface area contributed by atoms with Crippen LogP contribution in [0.25, 0.3) is 70.9 Å². The van der Waals surface area contributed by atoms with E-state index < -0.39 is 51.0 Å². The summed E-state index contributed by atoms with van der Waals surface area (Å²) in [5.74, 6) is -6.50. The van der Waals surface area contributed by atoms with Gasteiger partial charge in [-0.2, -0.15) is 0 Å². The van der Waals surface area contributed by atoms with Gasteiger partial charge in [-0.15, -0.1) is 0 Å². The molecule has 9 rings (SSSR count). The number of aryl methyl sites for hydroxylation is 1. The predicted molar refractivity (Wildman–Crippen MR) is 221 cm³/mol. The van der Waals surface area contributed by atoms with Crippen molar-refractivity contribution < 1.29 is 35.7 Å². The summed E-state index contributed by atoms with van der Waals surface area (Å²) in [6.45, 7) is 4.37. The number of phenolic OH excluding ortho intramolecular Hbond substituents is 7. The zero-order chi connectivity index (χ0) is 38.3. The number of hydrogen-bond acceptors (Lipinski definition) is 7. The van der Waals surface area contributed by atoms with Gasteiger partial charge in [-0.3, -0.25) is 0 Å². The Kier molecular flexibility index (Phi) is 7.79. The van der Waals surface area contributed by atoms with Gasteiger partial charge in [0.15, 0.2) is 23.0 Å². The third-order valence-corrected chi connectivity index (χ3v) is 11.5. The molecule has 55 heavy (non-hydrogen) atoms. The molecule has 0 saturated carbocycles. The molecule has 272 valence electrons. The molecule has 0 radical (unpaired) electrons. The fraction of sp³-hybridized carbons (Fsp3) is 0.125. The van der Waals surface area contributed by atoms with E-state index in [9.17, 15) is 35.7 Å². The lowest BCUT2D eigenvalue weighted by Gasteiger charge is -2.27. The molecule has 7 heteroatoms. The Morgan fingerprint density at radius 1 is 0.509 bits per heavy atom. The zero-order valence-electron chi connectivity index (χ0n) is 30.3.